The Bertz CT molecular complexity index is 1340. The van der Waals surface area contributed by atoms with Gasteiger partial charge in [0.05, 0.1) is 13.4 Å². The van der Waals surface area contributed by atoms with Crippen molar-refractivity contribution in [2.24, 2.45) is 0 Å². The third-order valence-corrected chi connectivity index (χ3v) is 6.48. The number of rotatable bonds is 8. The van der Waals surface area contributed by atoms with Gasteiger partial charge in [-0.1, -0.05) is 19.3 Å². The second kappa shape index (κ2) is 10.7. The van der Waals surface area contributed by atoms with E-state index in [0.29, 0.717) is 28.6 Å². The summed E-state index contributed by atoms with van der Waals surface area (Å²) in [6.07, 6.45) is 7.92. The number of aryl methyl sites for hydroxylation is 1. The zero-order chi connectivity index (χ0) is 25.8. The Kier molecular flexibility index (Phi) is 7.02. The summed E-state index contributed by atoms with van der Waals surface area (Å²) in [6.45, 7) is 1.79. The summed E-state index contributed by atoms with van der Waals surface area (Å²) in [7, 11) is 1.51. The molecule has 192 valence electrons. The number of anilines is 1. The molecule has 0 saturated heterocycles. The molecule has 1 fully saturated rings. The highest BCUT2D eigenvalue weighted by Crippen LogP contribution is 2.35. The Morgan fingerprint density at radius 2 is 2.00 bits per heavy atom. The van der Waals surface area contributed by atoms with Crippen molar-refractivity contribution in [1.82, 2.24) is 25.5 Å². The third kappa shape index (κ3) is 5.11. The molecule has 1 atom stereocenters. The zero-order valence-electron chi connectivity index (χ0n) is 20.7. The van der Waals surface area contributed by atoms with Gasteiger partial charge in [-0.15, -0.1) is 5.10 Å². The molecule has 11 heteroatoms. The van der Waals surface area contributed by atoms with Gasteiger partial charge in [-0.25, -0.2) is 0 Å². The first-order valence-corrected chi connectivity index (χ1v) is 12.2. The quantitative estimate of drug-likeness (QED) is 0.381. The molecule has 1 N–H and O–H groups in total. The Hall–Kier alpha value is -4.41. The second-order valence-electron chi connectivity index (χ2n) is 8.96. The van der Waals surface area contributed by atoms with Crippen LogP contribution in [0.25, 0.3) is 5.69 Å². The van der Waals surface area contributed by atoms with Crippen LogP contribution >= 0.6 is 0 Å². The standard InChI is InChI=1S/C26H28N6O5/c1-17-10-13-21(37-17)24(25(33)28-18-7-4-3-5-8-18)32(26(34)22-9-6-14-36-22)19-11-12-20(23(15-19)35-2)31-16-27-29-30-31/h6,9-16,18,24H,3-5,7-8H2,1-2H3,(H,28,33). The fourth-order valence-corrected chi connectivity index (χ4v) is 4.68. The van der Waals surface area contributed by atoms with E-state index in [1.165, 1.54) is 29.3 Å². The highest BCUT2D eigenvalue weighted by atomic mass is 16.5. The van der Waals surface area contributed by atoms with Gasteiger partial charge in [0.15, 0.2) is 11.8 Å². The second-order valence-corrected chi connectivity index (χ2v) is 8.96. The fraction of sp³-hybridized carbons (Fsp3) is 0.346. The van der Waals surface area contributed by atoms with Crippen LogP contribution in [0.3, 0.4) is 0 Å². The summed E-state index contributed by atoms with van der Waals surface area (Å²) >= 11 is 0. The molecule has 1 aliphatic carbocycles. The number of furan rings is 2. The van der Waals surface area contributed by atoms with Crippen LogP contribution in [0.4, 0.5) is 5.69 Å². The number of nitrogens with one attached hydrogen (secondary N) is 1. The molecule has 1 unspecified atom stereocenters. The van der Waals surface area contributed by atoms with E-state index in [2.05, 4.69) is 20.8 Å². The molecule has 5 rings (SSSR count). The lowest BCUT2D eigenvalue weighted by Gasteiger charge is -2.32. The third-order valence-electron chi connectivity index (χ3n) is 6.48. The summed E-state index contributed by atoms with van der Waals surface area (Å²) in [4.78, 5) is 29.1. The number of ether oxygens (including phenoxy) is 1. The Labute approximate surface area is 213 Å². The van der Waals surface area contributed by atoms with Crippen LogP contribution in [0.5, 0.6) is 5.75 Å². The van der Waals surface area contributed by atoms with Crippen LogP contribution in [0.1, 0.15) is 60.2 Å². The SMILES string of the molecule is COc1cc(N(C(=O)c2ccco2)C(C(=O)NC2CCCCC2)c2ccc(C)o2)ccc1-n1cnnn1. The fourth-order valence-electron chi connectivity index (χ4n) is 4.68. The van der Waals surface area contributed by atoms with Gasteiger partial charge >= 0.3 is 0 Å². The van der Waals surface area contributed by atoms with Gasteiger partial charge < -0.3 is 18.9 Å². The van der Waals surface area contributed by atoms with Gasteiger partial charge in [0.1, 0.15) is 29.3 Å². The molecule has 1 aromatic carbocycles. The molecular weight excluding hydrogens is 476 g/mol. The molecule has 1 saturated carbocycles. The smallest absolute Gasteiger partial charge is 0.295 e. The lowest BCUT2D eigenvalue weighted by atomic mass is 9.95. The summed E-state index contributed by atoms with van der Waals surface area (Å²) in [5.74, 6) is 0.632. The molecule has 0 bridgehead atoms. The number of amides is 2. The molecule has 0 aliphatic heterocycles. The first-order valence-electron chi connectivity index (χ1n) is 12.2. The van der Waals surface area contributed by atoms with Crippen molar-refractivity contribution in [3.8, 4) is 11.4 Å². The minimum Gasteiger partial charge on any atom is -0.494 e. The predicted molar refractivity (Wildman–Crippen MR) is 132 cm³/mol. The normalized spacial score (nSPS) is 14.8. The van der Waals surface area contributed by atoms with Gasteiger partial charge in [-0.05, 0) is 66.6 Å². The molecule has 3 aromatic heterocycles. The molecule has 0 radical (unpaired) electrons. The number of aromatic nitrogens is 4. The lowest BCUT2D eigenvalue weighted by Crippen LogP contribution is -2.47. The molecule has 1 aliphatic rings. The number of carbonyl (C=O) groups excluding carboxylic acids is 2. The van der Waals surface area contributed by atoms with Gasteiger partial charge in [0.2, 0.25) is 0 Å². The molecule has 3 heterocycles. The minimum atomic E-state index is -1.09. The summed E-state index contributed by atoms with van der Waals surface area (Å²) in [6, 6.07) is 10.7. The van der Waals surface area contributed by atoms with Crippen LogP contribution in [0.2, 0.25) is 0 Å². The van der Waals surface area contributed by atoms with Crippen LogP contribution < -0.4 is 15.0 Å². The number of benzene rings is 1. The summed E-state index contributed by atoms with van der Waals surface area (Å²) in [5, 5.41) is 14.4. The van der Waals surface area contributed by atoms with Crippen molar-refractivity contribution in [2.45, 2.75) is 51.1 Å². The maximum absolute atomic E-state index is 13.9. The van der Waals surface area contributed by atoms with Gasteiger partial charge in [-0.2, -0.15) is 4.68 Å². The van der Waals surface area contributed by atoms with Crippen molar-refractivity contribution in [2.75, 3.05) is 12.0 Å². The average Bonchev–Trinajstić information content (AvgIpc) is 3.70. The van der Waals surface area contributed by atoms with Crippen molar-refractivity contribution in [1.29, 1.82) is 0 Å². The van der Waals surface area contributed by atoms with E-state index < -0.39 is 11.9 Å². The number of hydrogen-bond donors (Lipinski definition) is 1. The number of methoxy groups -OCH3 is 1. The van der Waals surface area contributed by atoms with Crippen molar-refractivity contribution in [3.05, 3.63) is 72.3 Å². The van der Waals surface area contributed by atoms with Gasteiger partial charge in [-0.3, -0.25) is 14.5 Å². The van der Waals surface area contributed by atoms with E-state index in [1.807, 2.05) is 0 Å². The van der Waals surface area contributed by atoms with Gasteiger partial charge in [0.25, 0.3) is 11.8 Å². The van der Waals surface area contributed by atoms with E-state index in [9.17, 15) is 9.59 Å². The zero-order valence-corrected chi connectivity index (χ0v) is 20.7. The molecular formula is C26H28N6O5. The highest BCUT2D eigenvalue weighted by molar-refractivity contribution is 6.08. The van der Waals surface area contributed by atoms with E-state index in [0.717, 1.165) is 32.1 Å². The van der Waals surface area contributed by atoms with E-state index in [-0.39, 0.29) is 17.7 Å². The number of hydrogen-bond acceptors (Lipinski definition) is 8. The number of carbonyl (C=O) groups is 2. The van der Waals surface area contributed by atoms with Gasteiger partial charge in [0, 0.05) is 17.8 Å². The molecule has 37 heavy (non-hydrogen) atoms. The van der Waals surface area contributed by atoms with Crippen molar-refractivity contribution < 1.29 is 23.2 Å². The molecule has 11 nitrogen and oxygen atoms in total. The van der Waals surface area contributed by atoms with Crippen LogP contribution in [-0.2, 0) is 4.79 Å². The summed E-state index contributed by atoms with van der Waals surface area (Å²) < 4.78 is 18.4. The number of tetrazole rings is 1. The van der Waals surface area contributed by atoms with Crippen molar-refractivity contribution in [3.63, 3.8) is 0 Å². The largest absolute Gasteiger partial charge is 0.494 e. The molecule has 0 spiro atoms. The maximum atomic E-state index is 13.9. The Balaban J connectivity index is 1.60. The molecule has 2 amide bonds. The predicted octanol–water partition coefficient (Wildman–Crippen LogP) is 4.00. The number of nitrogens with zero attached hydrogens (tertiary/aromatic N) is 5. The topological polar surface area (TPSA) is 129 Å². The van der Waals surface area contributed by atoms with E-state index in [4.69, 9.17) is 13.6 Å². The summed E-state index contributed by atoms with van der Waals surface area (Å²) in [5.41, 5.74) is 0.978. The van der Waals surface area contributed by atoms with E-state index >= 15 is 0 Å². The molecule has 4 aromatic rings. The first-order chi connectivity index (χ1) is 18.0. The Morgan fingerprint density at radius 3 is 2.65 bits per heavy atom. The van der Waals surface area contributed by atoms with Crippen LogP contribution in [0, 0.1) is 6.92 Å². The highest BCUT2D eigenvalue weighted by Gasteiger charge is 2.38. The first kappa shape index (κ1) is 24.3. The van der Waals surface area contributed by atoms with Crippen molar-refractivity contribution >= 4 is 17.5 Å². The van der Waals surface area contributed by atoms with Crippen LogP contribution in [-0.4, -0.2) is 45.2 Å². The lowest BCUT2D eigenvalue weighted by molar-refractivity contribution is -0.123. The average molecular weight is 505 g/mol. The Morgan fingerprint density at radius 1 is 1.16 bits per heavy atom. The minimum absolute atomic E-state index is 0.0390. The van der Waals surface area contributed by atoms with E-state index in [1.54, 1.807) is 49.4 Å². The maximum Gasteiger partial charge on any atom is 0.295 e. The monoisotopic (exact) mass is 504 g/mol. The van der Waals surface area contributed by atoms with Crippen LogP contribution in [0.15, 0.2) is 63.9 Å².